The Morgan fingerprint density at radius 3 is 2.30 bits per heavy atom. The summed E-state index contributed by atoms with van der Waals surface area (Å²) in [6, 6.07) is 19.7. The lowest BCUT2D eigenvalue weighted by Gasteiger charge is -2.26. The Morgan fingerprint density at radius 1 is 0.913 bits per heavy atom. The molecule has 0 aliphatic heterocycles. The zero-order chi connectivity index (χ0) is 16.4. The monoisotopic (exact) mass is 307 g/mol. The van der Waals surface area contributed by atoms with Gasteiger partial charge >= 0.3 is 0 Å². The number of hydrogen-bond donors (Lipinski definition) is 2. The van der Waals surface area contributed by atoms with Gasteiger partial charge in [-0.1, -0.05) is 42.5 Å². The van der Waals surface area contributed by atoms with E-state index in [1.807, 2.05) is 7.05 Å². The average molecular weight is 307 g/mol. The lowest BCUT2D eigenvalue weighted by Crippen LogP contribution is -2.22. The van der Waals surface area contributed by atoms with Crippen molar-refractivity contribution >= 4 is 10.8 Å². The second-order valence-electron chi connectivity index (χ2n) is 6.02. The molecule has 0 radical (unpaired) electrons. The van der Waals surface area contributed by atoms with Gasteiger partial charge in [-0.2, -0.15) is 0 Å². The Kier molecular flexibility index (Phi) is 4.22. The molecule has 3 nitrogen and oxygen atoms in total. The van der Waals surface area contributed by atoms with E-state index in [1.54, 1.807) is 12.1 Å². The average Bonchev–Trinajstić information content (AvgIpc) is 2.52. The van der Waals surface area contributed by atoms with Crippen LogP contribution in [0.3, 0.4) is 0 Å². The molecule has 0 aromatic heterocycles. The molecule has 3 rings (SSSR count). The van der Waals surface area contributed by atoms with Crippen LogP contribution < -0.4 is 0 Å². The normalized spacial score (nSPS) is 12.7. The molecule has 0 heterocycles. The number of aromatic hydroxyl groups is 2. The van der Waals surface area contributed by atoms with E-state index in [1.165, 1.54) is 22.4 Å². The summed E-state index contributed by atoms with van der Waals surface area (Å²) in [6.45, 7) is 2.82. The van der Waals surface area contributed by atoms with Gasteiger partial charge in [-0.25, -0.2) is 0 Å². The van der Waals surface area contributed by atoms with Crippen LogP contribution in [0.1, 0.15) is 24.1 Å². The molecule has 0 fully saturated rings. The summed E-state index contributed by atoms with van der Waals surface area (Å²) < 4.78 is 0. The molecule has 1 atom stereocenters. The van der Waals surface area contributed by atoms with Crippen LogP contribution in [-0.2, 0) is 6.54 Å². The van der Waals surface area contributed by atoms with Crippen molar-refractivity contribution in [1.29, 1.82) is 0 Å². The first-order valence-corrected chi connectivity index (χ1v) is 7.74. The van der Waals surface area contributed by atoms with Crippen molar-refractivity contribution < 1.29 is 10.2 Å². The second-order valence-corrected chi connectivity index (χ2v) is 6.02. The van der Waals surface area contributed by atoms with Gasteiger partial charge in [0.2, 0.25) is 0 Å². The smallest absolute Gasteiger partial charge is 0.119 e. The molecule has 0 amide bonds. The Labute approximate surface area is 136 Å². The van der Waals surface area contributed by atoms with Crippen LogP contribution in [0.15, 0.2) is 60.7 Å². The SMILES string of the molecule is C[C@H](c1cccc2ccccc12)N(C)Cc1cc(O)cc(O)c1. The summed E-state index contributed by atoms with van der Waals surface area (Å²) in [7, 11) is 2.05. The van der Waals surface area contributed by atoms with Crippen LogP contribution in [0, 0.1) is 0 Å². The zero-order valence-corrected chi connectivity index (χ0v) is 13.4. The number of phenolic OH excluding ortho intramolecular Hbond substituents is 2. The van der Waals surface area contributed by atoms with E-state index in [-0.39, 0.29) is 17.5 Å². The van der Waals surface area contributed by atoms with Gasteiger partial charge in [0.1, 0.15) is 11.5 Å². The summed E-state index contributed by atoms with van der Waals surface area (Å²) in [4.78, 5) is 2.20. The van der Waals surface area contributed by atoms with Crippen molar-refractivity contribution in [1.82, 2.24) is 4.90 Å². The van der Waals surface area contributed by atoms with E-state index < -0.39 is 0 Å². The Bertz CT molecular complexity index is 803. The highest BCUT2D eigenvalue weighted by molar-refractivity contribution is 5.86. The highest BCUT2D eigenvalue weighted by Crippen LogP contribution is 2.29. The highest BCUT2D eigenvalue weighted by atomic mass is 16.3. The molecule has 0 saturated carbocycles. The Hall–Kier alpha value is -2.52. The number of nitrogens with zero attached hydrogens (tertiary/aromatic N) is 1. The molecule has 0 spiro atoms. The third-order valence-electron chi connectivity index (χ3n) is 4.33. The van der Waals surface area contributed by atoms with Crippen LogP contribution in [-0.4, -0.2) is 22.2 Å². The minimum absolute atomic E-state index is 0.0891. The van der Waals surface area contributed by atoms with E-state index in [0.717, 1.165) is 5.56 Å². The maximum Gasteiger partial charge on any atom is 0.119 e. The molecule has 23 heavy (non-hydrogen) atoms. The van der Waals surface area contributed by atoms with Crippen LogP contribution >= 0.6 is 0 Å². The maximum absolute atomic E-state index is 9.63. The van der Waals surface area contributed by atoms with E-state index >= 15 is 0 Å². The molecule has 2 N–H and O–H groups in total. The quantitative estimate of drug-likeness (QED) is 0.748. The number of hydrogen-bond acceptors (Lipinski definition) is 3. The fourth-order valence-corrected chi connectivity index (χ4v) is 3.02. The fourth-order valence-electron chi connectivity index (χ4n) is 3.02. The Morgan fingerprint density at radius 2 is 1.57 bits per heavy atom. The molecule has 3 aromatic rings. The molecule has 3 heteroatoms. The first-order chi connectivity index (χ1) is 11.0. The summed E-state index contributed by atoms with van der Waals surface area (Å²) in [5.74, 6) is 0.178. The first-order valence-electron chi connectivity index (χ1n) is 7.74. The van der Waals surface area contributed by atoms with Gasteiger partial charge in [0, 0.05) is 18.7 Å². The molecule has 0 saturated heterocycles. The number of phenols is 2. The highest BCUT2D eigenvalue weighted by Gasteiger charge is 2.15. The molecule has 0 unspecified atom stereocenters. The lowest BCUT2D eigenvalue weighted by molar-refractivity contribution is 0.254. The van der Waals surface area contributed by atoms with Gasteiger partial charge in [0.15, 0.2) is 0 Å². The number of rotatable bonds is 4. The number of fused-ring (bicyclic) bond motifs is 1. The van der Waals surface area contributed by atoms with Crippen molar-refractivity contribution in [3.63, 3.8) is 0 Å². The fraction of sp³-hybridized carbons (Fsp3) is 0.200. The van der Waals surface area contributed by atoms with Gasteiger partial charge in [0.05, 0.1) is 0 Å². The molecular formula is C20H21NO2. The molecular weight excluding hydrogens is 286 g/mol. The minimum Gasteiger partial charge on any atom is -0.508 e. The molecule has 0 aliphatic carbocycles. The first kappa shape index (κ1) is 15.4. The van der Waals surface area contributed by atoms with Crippen molar-refractivity contribution in [2.75, 3.05) is 7.05 Å². The van der Waals surface area contributed by atoms with Gasteiger partial charge in [-0.15, -0.1) is 0 Å². The van der Waals surface area contributed by atoms with E-state index in [0.29, 0.717) is 6.54 Å². The van der Waals surface area contributed by atoms with E-state index in [9.17, 15) is 10.2 Å². The largest absolute Gasteiger partial charge is 0.508 e. The lowest BCUT2D eigenvalue weighted by atomic mass is 9.98. The summed E-state index contributed by atoms with van der Waals surface area (Å²) in [5.41, 5.74) is 2.16. The van der Waals surface area contributed by atoms with Crippen LogP contribution in [0.4, 0.5) is 0 Å². The topological polar surface area (TPSA) is 43.7 Å². The van der Waals surface area contributed by atoms with Gasteiger partial charge in [-0.3, -0.25) is 4.90 Å². The van der Waals surface area contributed by atoms with Crippen LogP contribution in [0.5, 0.6) is 11.5 Å². The van der Waals surface area contributed by atoms with Crippen molar-refractivity contribution in [3.05, 3.63) is 71.8 Å². The second kappa shape index (κ2) is 6.31. The van der Waals surface area contributed by atoms with Crippen molar-refractivity contribution in [3.8, 4) is 11.5 Å². The predicted octanol–water partition coefficient (Wildman–Crippen LogP) is 4.44. The molecule has 118 valence electrons. The number of benzene rings is 3. The predicted molar refractivity (Wildman–Crippen MR) is 93.6 cm³/mol. The van der Waals surface area contributed by atoms with E-state index in [4.69, 9.17) is 0 Å². The van der Waals surface area contributed by atoms with Crippen molar-refractivity contribution in [2.45, 2.75) is 19.5 Å². The van der Waals surface area contributed by atoms with E-state index in [2.05, 4.69) is 54.3 Å². The third kappa shape index (κ3) is 3.30. The van der Waals surface area contributed by atoms with Crippen molar-refractivity contribution in [2.24, 2.45) is 0 Å². The third-order valence-corrected chi connectivity index (χ3v) is 4.33. The maximum atomic E-state index is 9.63. The van der Waals surface area contributed by atoms with Crippen LogP contribution in [0.25, 0.3) is 10.8 Å². The molecule has 3 aromatic carbocycles. The zero-order valence-electron chi connectivity index (χ0n) is 13.4. The molecule has 0 aliphatic rings. The van der Waals surface area contributed by atoms with Gasteiger partial charge < -0.3 is 10.2 Å². The van der Waals surface area contributed by atoms with Gasteiger partial charge in [0.25, 0.3) is 0 Å². The van der Waals surface area contributed by atoms with Gasteiger partial charge in [-0.05, 0) is 48.0 Å². The summed E-state index contributed by atoms with van der Waals surface area (Å²) in [5, 5.41) is 21.7. The Balaban J connectivity index is 1.88. The standard InChI is InChI=1S/C20H21NO2/c1-14(19-9-5-7-16-6-3-4-8-20(16)19)21(2)13-15-10-17(22)12-18(23)11-15/h3-12,14,22-23H,13H2,1-2H3/t14-/m1/s1. The summed E-state index contributed by atoms with van der Waals surface area (Å²) in [6.07, 6.45) is 0. The summed E-state index contributed by atoms with van der Waals surface area (Å²) >= 11 is 0. The minimum atomic E-state index is 0.0891. The van der Waals surface area contributed by atoms with Crippen LogP contribution in [0.2, 0.25) is 0 Å². The molecule has 0 bridgehead atoms.